The van der Waals surface area contributed by atoms with Crippen LogP contribution in [0.5, 0.6) is 0 Å². The zero-order valence-corrected chi connectivity index (χ0v) is 16.4. The minimum Gasteiger partial charge on any atom is -0.398 e. The van der Waals surface area contributed by atoms with Crippen molar-refractivity contribution < 1.29 is 9.59 Å². The van der Waals surface area contributed by atoms with E-state index in [0.717, 1.165) is 28.6 Å². The summed E-state index contributed by atoms with van der Waals surface area (Å²) in [5.41, 5.74) is 9.99. The predicted molar refractivity (Wildman–Crippen MR) is 114 cm³/mol. The van der Waals surface area contributed by atoms with Gasteiger partial charge in [0, 0.05) is 29.0 Å². The van der Waals surface area contributed by atoms with Crippen LogP contribution in [0.3, 0.4) is 0 Å². The van der Waals surface area contributed by atoms with Gasteiger partial charge in [-0.1, -0.05) is 30.3 Å². The fraction of sp³-hybridized carbons (Fsp3) is 0.261. The number of nitrogens with zero attached hydrogens (tertiary/aromatic N) is 2. The van der Waals surface area contributed by atoms with Crippen molar-refractivity contribution in [2.75, 3.05) is 17.6 Å². The summed E-state index contributed by atoms with van der Waals surface area (Å²) in [6.07, 6.45) is 1.80. The topological polar surface area (TPSA) is 88.3 Å². The summed E-state index contributed by atoms with van der Waals surface area (Å²) in [6, 6.07) is 16.5. The Hall–Kier alpha value is -3.41. The number of nitrogen functional groups attached to an aromatic ring is 1. The third kappa shape index (κ3) is 4.06. The van der Waals surface area contributed by atoms with E-state index in [1.807, 2.05) is 61.5 Å². The van der Waals surface area contributed by atoms with Gasteiger partial charge in [-0.25, -0.2) is 0 Å². The quantitative estimate of drug-likeness (QED) is 0.718. The Labute approximate surface area is 169 Å². The number of nitrogens with two attached hydrogens (primary N) is 1. The lowest BCUT2D eigenvalue weighted by Crippen LogP contribution is -2.43. The van der Waals surface area contributed by atoms with E-state index in [-0.39, 0.29) is 11.8 Å². The Kier molecular flexibility index (Phi) is 5.16. The molecule has 1 aromatic heterocycles. The fourth-order valence-corrected chi connectivity index (χ4v) is 3.90. The maximum Gasteiger partial charge on any atom is 0.247 e. The first kappa shape index (κ1) is 18.9. The summed E-state index contributed by atoms with van der Waals surface area (Å²) in [4.78, 5) is 31.8. The van der Waals surface area contributed by atoms with Crippen LogP contribution < -0.4 is 11.1 Å². The number of aromatic nitrogens is 1. The molecule has 1 aliphatic rings. The molecular weight excluding hydrogens is 364 g/mol. The number of hydrogen-bond donors (Lipinski definition) is 2. The monoisotopic (exact) mass is 388 g/mol. The van der Waals surface area contributed by atoms with Gasteiger partial charge in [0.25, 0.3) is 0 Å². The molecule has 1 unspecified atom stereocenters. The maximum absolute atomic E-state index is 12.9. The Balaban J connectivity index is 1.48. The molecule has 6 heteroatoms. The van der Waals surface area contributed by atoms with E-state index in [9.17, 15) is 9.59 Å². The van der Waals surface area contributed by atoms with Crippen molar-refractivity contribution in [3.05, 3.63) is 65.9 Å². The number of benzene rings is 2. The van der Waals surface area contributed by atoms with Crippen molar-refractivity contribution >= 4 is 34.1 Å². The molecule has 4 rings (SSSR count). The number of fused-ring (bicyclic) bond motifs is 1. The van der Waals surface area contributed by atoms with Crippen LogP contribution in [0.1, 0.15) is 24.1 Å². The van der Waals surface area contributed by atoms with E-state index in [1.165, 1.54) is 0 Å². The van der Waals surface area contributed by atoms with Gasteiger partial charge in [-0.15, -0.1) is 0 Å². The lowest BCUT2D eigenvalue weighted by atomic mass is 10.1. The van der Waals surface area contributed by atoms with Crippen molar-refractivity contribution in [2.24, 2.45) is 0 Å². The molecule has 0 spiro atoms. The molecule has 1 saturated heterocycles. The van der Waals surface area contributed by atoms with Crippen LogP contribution in [0.2, 0.25) is 0 Å². The highest BCUT2D eigenvalue weighted by atomic mass is 16.2. The second-order valence-corrected chi connectivity index (χ2v) is 7.48. The number of anilines is 2. The first-order valence-electron chi connectivity index (χ1n) is 9.82. The molecule has 2 amide bonds. The molecule has 2 aromatic carbocycles. The van der Waals surface area contributed by atoms with Gasteiger partial charge in [0.2, 0.25) is 11.8 Å². The Bertz CT molecular complexity index is 1070. The van der Waals surface area contributed by atoms with Crippen LogP contribution in [-0.4, -0.2) is 34.3 Å². The van der Waals surface area contributed by atoms with Gasteiger partial charge in [0.05, 0.1) is 11.9 Å². The smallest absolute Gasteiger partial charge is 0.247 e. The average molecular weight is 388 g/mol. The molecule has 1 aliphatic heterocycles. The van der Waals surface area contributed by atoms with Gasteiger partial charge in [0.1, 0.15) is 6.04 Å². The summed E-state index contributed by atoms with van der Waals surface area (Å²) in [5.74, 6) is -0.182. The molecule has 1 fully saturated rings. The van der Waals surface area contributed by atoms with Gasteiger partial charge in [-0.2, -0.15) is 0 Å². The number of carbonyl (C=O) groups is 2. The highest BCUT2D eigenvalue weighted by Gasteiger charge is 2.33. The third-order valence-corrected chi connectivity index (χ3v) is 5.31. The summed E-state index contributed by atoms with van der Waals surface area (Å²) >= 11 is 0. The van der Waals surface area contributed by atoms with E-state index >= 15 is 0 Å². The van der Waals surface area contributed by atoms with E-state index in [1.54, 1.807) is 4.90 Å². The van der Waals surface area contributed by atoms with Crippen LogP contribution in [0, 0.1) is 6.92 Å². The molecular formula is C23H24N4O2. The van der Waals surface area contributed by atoms with Gasteiger partial charge < -0.3 is 16.0 Å². The second-order valence-electron chi connectivity index (χ2n) is 7.48. The highest BCUT2D eigenvalue weighted by molar-refractivity contribution is 6.00. The average Bonchev–Trinajstić information content (AvgIpc) is 3.19. The molecule has 148 valence electrons. The Morgan fingerprint density at radius 3 is 2.76 bits per heavy atom. The molecule has 0 saturated carbocycles. The molecule has 0 radical (unpaired) electrons. The van der Waals surface area contributed by atoms with Crippen molar-refractivity contribution in [1.82, 2.24) is 9.88 Å². The number of pyridine rings is 1. The molecule has 3 aromatic rings. The largest absolute Gasteiger partial charge is 0.398 e. The minimum atomic E-state index is -0.449. The van der Waals surface area contributed by atoms with Crippen molar-refractivity contribution in [3.8, 4) is 0 Å². The number of carbonyl (C=O) groups excluding carboxylic acids is 2. The van der Waals surface area contributed by atoms with Crippen LogP contribution >= 0.6 is 0 Å². The number of rotatable bonds is 4. The molecule has 0 bridgehead atoms. The van der Waals surface area contributed by atoms with Crippen LogP contribution in [0.15, 0.2) is 54.6 Å². The van der Waals surface area contributed by atoms with E-state index in [2.05, 4.69) is 10.3 Å². The zero-order chi connectivity index (χ0) is 20.4. The van der Waals surface area contributed by atoms with E-state index in [4.69, 9.17) is 5.73 Å². The van der Waals surface area contributed by atoms with E-state index < -0.39 is 6.04 Å². The van der Waals surface area contributed by atoms with E-state index in [0.29, 0.717) is 30.8 Å². The summed E-state index contributed by atoms with van der Waals surface area (Å²) in [7, 11) is 0. The molecule has 3 N–H and O–H groups in total. The third-order valence-electron chi connectivity index (χ3n) is 5.31. The first-order valence-corrected chi connectivity index (χ1v) is 9.82. The van der Waals surface area contributed by atoms with Crippen LogP contribution in [0.4, 0.5) is 11.4 Å². The van der Waals surface area contributed by atoms with Gasteiger partial charge in [-0.05, 0) is 49.6 Å². The number of aryl methyl sites for hydroxylation is 1. The van der Waals surface area contributed by atoms with Crippen molar-refractivity contribution in [2.45, 2.75) is 32.2 Å². The number of hydrogen-bond acceptors (Lipinski definition) is 4. The van der Waals surface area contributed by atoms with Gasteiger partial charge in [0.15, 0.2) is 0 Å². The Morgan fingerprint density at radius 1 is 1.17 bits per heavy atom. The first-order chi connectivity index (χ1) is 14.0. The van der Waals surface area contributed by atoms with Crippen molar-refractivity contribution in [1.29, 1.82) is 0 Å². The zero-order valence-electron chi connectivity index (χ0n) is 16.4. The molecule has 0 aliphatic carbocycles. The second kappa shape index (κ2) is 7.91. The lowest BCUT2D eigenvalue weighted by Gasteiger charge is -2.24. The highest BCUT2D eigenvalue weighted by Crippen LogP contribution is 2.25. The lowest BCUT2D eigenvalue weighted by molar-refractivity contribution is -0.136. The maximum atomic E-state index is 12.9. The molecule has 2 heterocycles. The summed E-state index contributed by atoms with van der Waals surface area (Å²) in [6.45, 7) is 2.50. The summed E-state index contributed by atoms with van der Waals surface area (Å²) < 4.78 is 0. The molecule has 6 nitrogen and oxygen atoms in total. The SMILES string of the molecule is Cc1cc(N)c2cc(NC(=O)C3CCCN3C(=O)Cc3ccccc3)ccc2n1. The molecule has 29 heavy (non-hydrogen) atoms. The number of amides is 2. The fourth-order valence-electron chi connectivity index (χ4n) is 3.90. The predicted octanol–water partition coefficient (Wildman–Crippen LogP) is 3.30. The van der Waals surface area contributed by atoms with Crippen LogP contribution in [-0.2, 0) is 16.0 Å². The number of nitrogens with one attached hydrogen (secondary N) is 1. The standard InChI is InChI=1S/C23H24N4O2/c1-15-12-19(24)18-14-17(9-10-20(18)25-15)26-23(29)21-8-5-11-27(21)22(28)13-16-6-3-2-4-7-16/h2-4,6-7,9-10,12,14,21H,5,8,11,13H2,1H3,(H2,24,25)(H,26,29). The van der Waals surface area contributed by atoms with Gasteiger partial charge >= 0.3 is 0 Å². The minimum absolute atomic E-state index is 0.0173. The number of likely N-dealkylation sites (tertiary alicyclic amines) is 1. The Morgan fingerprint density at radius 2 is 1.97 bits per heavy atom. The summed E-state index contributed by atoms with van der Waals surface area (Å²) in [5, 5.41) is 3.75. The van der Waals surface area contributed by atoms with Crippen molar-refractivity contribution in [3.63, 3.8) is 0 Å². The van der Waals surface area contributed by atoms with Crippen LogP contribution in [0.25, 0.3) is 10.9 Å². The normalized spacial score (nSPS) is 16.2. The molecule has 1 atom stereocenters. The van der Waals surface area contributed by atoms with Gasteiger partial charge in [-0.3, -0.25) is 14.6 Å².